The number of allylic oxidation sites excluding steroid dienone is 2. The molecule has 0 heterocycles. The maximum absolute atomic E-state index is 12.7. The van der Waals surface area contributed by atoms with Crippen molar-refractivity contribution in [1.29, 1.82) is 0 Å². The number of carbonyl (C=O) groups excluding carboxylic acids is 2. The Hall–Kier alpha value is -2.13. The molecular weight excluding hydrogens is 443 g/mol. The largest absolute Gasteiger partial charge is 0.468 e. The van der Waals surface area contributed by atoms with Crippen LogP contribution in [0.3, 0.4) is 0 Å². The minimum absolute atomic E-state index is 0.00281. The molecule has 1 aromatic carbocycles. The number of hydrogen-bond donors (Lipinski definition) is 1. The predicted molar refractivity (Wildman–Crippen MR) is 99.8 cm³/mol. The quantitative estimate of drug-likeness (QED) is 0.290. The number of ether oxygens (including phenoxy) is 2. The third-order valence-corrected chi connectivity index (χ3v) is 4.64. The molecule has 0 aliphatic heterocycles. The summed E-state index contributed by atoms with van der Waals surface area (Å²) in [5.74, 6) is -2.25. The lowest BCUT2D eigenvalue weighted by Gasteiger charge is -2.37. The van der Waals surface area contributed by atoms with E-state index in [4.69, 9.17) is 9.47 Å². The molecule has 0 aromatic heterocycles. The molecule has 0 saturated heterocycles. The Morgan fingerprint density at radius 3 is 2.46 bits per heavy atom. The number of benzene rings is 1. The third kappa shape index (κ3) is 5.23. The number of amides is 1. The van der Waals surface area contributed by atoms with Gasteiger partial charge in [0.05, 0.1) is 19.3 Å². The van der Waals surface area contributed by atoms with Gasteiger partial charge in [-0.15, -0.1) is 0 Å². The van der Waals surface area contributed by atoms with Crippen molar-refractivity contribution in [2.75, 3.05) is 19.0 Å². The highest BCUT2D eigenvalue weighted by molar-refractivity contribution is 9.09. The minimum atomic E-state index is -4.50. The van der Waals surface area contributed by atoms with Crippen LogP contribution in [0.5, 0.6) is 0 Å². The highest BCUT2D eigenvalue weighted by Gasteiger charge is 2.44. The Morgan fingerprint density at radius 1 is 1.21 bits per heavy atom. The zero-order chi connectivity index (χ0) is 20.8. The van der Waals surface area contributed by atoms with Crippen LogP contribution in [-0.4, -0.2) is 36.6 Å². The number of rotatable bonds is 7. The molecule has 1 amide bonds. The topological polar surface area (TPSA) is 64.6 Å². The van der Waals surface area contributed by atoms with Crippen LogP contribution >= 0.6 is 15.9 Å². The van der Waals surface area contributed by atoms with Crippen molar-refractivity contribution < 1.29 is 32.2 Å². The lowest BCUT2D eigenvalue weighted by Crippen LogP contribution is -2.57. The number of nitrogens with one attached hydrogen (secondary N) is 1. The van der Waals surface area contributed by atoms with E-state index < -0.39 is 35.3 Å². The van der Waals surface area contributed by atoms with Gasteiger partial charge in [-0.3, -0.25) is 9.59 Å². The summed E-state index contributed by atoms with van der Waals surface area (Å²) in [4.78, 5) is 24.9. The predicted octanol–water partition coefficient (Wildman–Crippen LogP) is 3.85. The normalized spacial score (nSPS) is 21.4. The van der Waals surface area contributed by atoms with Crippen LogP contribution in [-0.2, 0) is 20.4 Å². The highest BCUT2D eigenvalue weighted by Crippen LogP contribution is 2.30. The molecule has 0 saturated carbocycles. The zero-order valence-electron chi connectivity index (χ0n) is 15.0. The fourth-order valence-electron chi connectivity index (χ4n) is 2.65. The standard InChI is InChI=1S/C19H19BrF3NO4/c1-27-17(26)15-5-2-3-10-18(15,28-12-4-11-20)24-16(25)13-6-8-14(9-7-13)19(21,22)23/h2-3,5-10,15H,4,11-12H2,1H3,(H,24,25). The number of halogens is 4. The molecule has 28 heavy (non-hydrogen) atoms. The first-order valence-corrected chi connectivity index (χ1v) is 9.49. The van der Waals surface area contributed by atoms with Gasteiger partial charge in [-0.1, -0.05) is 34.2 Å². The van der Waals surface area contributed by atoms with E-state index in [-0.39, 0.29) is 12.2 Å². The number of alkyl halides is 4. The van der Waals surface area contributed by atoms with Crippen LogP contribution in [0.2, 0.25) is 0 Å². The molecule has 1 aromatic rings. The van der Waals surface area contributed by atoms with Crippen molar-refractivity contribution in [3.8, 4) is 0 Å². The van der Waals surface area contributed by atoms with E-state index in [0.29, 0.717) is 11.8 Å². The smallest absolute Gasteiger partial charge is 0.416 e. The van der Waals surface area contributed by atoms with Crippen molar-refractivity contribution in [2.45, 2.75) is 18.3 Å². The van der Waals surface area contributed by atoms with E-state index in [0.717, 1.165) is 24.3 Å². The second-order valence-electron chi connectivity index (χ2n) is 5.96. The Labute approximate surface area is 168 Å². The van der Waals surface area contributed by atoms with Crippen molar-refractivity contribution in [3.63, 3.8) is 0 Å². The summed E-state index contributed by atoms with van der Waals surface area (Å²) in [5.41, 5.74) is -2.37. The zero-order valence-corrected chi connectivity index (χ0v) is 16.5. The molecular formula is C19H19BrF3NO4. The Morgan fingerprint density at radius 2 is 1.89 bits per heavy atom. The lowest BCUT2D eigenvalue weighted by atomic mass is 9.90. The van der Waals surface area contributed by atoms with E-state index in [1.165, 1.54) is 19.3 Å². The summed E-state index contributed by atoms with van der Waals surface area (Å²) < 4.78 is 48.8. The average molecular weight is 462 g/mol. The van der Waals surface area contributed by atoms with Gasteiger partial charge in [0.2, 0.25) is 0 Å². The van der Waals surface area contributed by atoms with Crippen LogP contribution in [0.4, 0.5) is 13.2 Å². The van der Waals surface area contributed by atoms with E-state index in [1.807, 2.05) is 0 Å². The van der Waals surface area contributed by atoms with E-state index in [1.54, 1.807) is 12.2 Å². The number of methoxy groups -OCH3 is 1. The first-order valence-electron chi connectivity index (χ1n) is 8.37. The van der Waals surface area contributed by atoms with Crippen molar-refractivity contribution >= 4 is 27.8 Å². The van der Waals surface area contributed by atoms with Gasteiger partial charge in [0.15, 0.2) is 5.72 Å². The third-order valence-electron chi connectivity index (χ3n) is 4.08. The van der Waals surface area contributed by atoms with Crippen LogP contribution in [0, 0.1) is 5.92 Å². The minimum Gasteiger partial charge on any atom is -0.468 e. The fraction of sp³-hybridized carbons (Fsp3) is 0.368. The summed E-state index contributed by atoms with van der Waals surface area (Å²) in [5, 5.41) is 3.29. The van der Waals surface area contributed by atoms with E-state index in [2.05, 4.69) is 21.2 Å². The molecule has 0 spiro atoms. The maximum Gasteiger partial charge on any atom is 0.416 e. The second-order valence-corrected chi connectivity index (χ2v) is 6.75. The average Bonchev–Trinajstić information content (AvgIpc) is 2.67. The molecule has 9 heteroatoms. The molecule has 2 rings (SSSR count). The van der Waals surface area contributed by atoms with E-state index >= 15 is 0 Å². The van der Waals surface area contributed by atoms with Gasteiger partial charge < -0.3 is 14.8 Å². The first kappa shape index (κ1) is 22.2. The summed E-state index contributed by atoms with van der Waals surface area (Å²) in [6.07, 6.45) is 2.40. The summed E-state index contributed by atoms with van der Waals surface area (Å²) >= 11 is 3.28. The summed E-state index contributed by atoms with van der Waals surface area (Å²) in [6.45, 7) is 0.226. The molecule has 1 aliphatic carbocycles. The van der Waals surface area contributed by atoms with Gasteiger partial charge in [-0.05, 0) is 36.8 Å². The van der Waals surface area contributed by atoms with Crippen LogP contribution in [0.15, 0.2) is 48.6 Å². The van der Waals surface area contributed by atoms with Crippen LogP contribution in [0.25, 0.3) is 0 Å². The van der Waals surface area contributed by atoms with Gasteiger partial charge in [0, 0.05) is 10.9 Å². The second kappa shape index (κ2) is 9.38. The SMILES string of the molecule is COC(=O)C1C=CC=CC1(NC(=O)c1ccc(C(F)(F)F)cc1)OCCCBr. The van der Waals surface area contributed by atoms with Gasteiger partial charge in [-0.25, -0.2) is 0 Å². The Kier molecular flexibility index (Phi) is 7.42. The maximum atomic E-state index is 12.7. The lowest BCUT2D eigenvalue weighted by molar-refractivity contribution is -0.154. The molecule has 1 N–H and O–H groups in total. The summed E-state index contributed by atoms with van der Waals surface area (Å²) in [7, 11) is 1.22. The van der Waals surface area contributed by atoms with Gasteiger partial charge in [0.25, 0.3) is 5.91 Å². The van der Waals surface area contributed by atoms with Crippen molar-refractivity contribution in [3.05, 3.63) is 59.7 Å². The number of hydrogen-bond acceptors (Lipinski definition) is 4. The first-order chi connectivity index (χ1) is 13.2. The molecule has 152 valence electrons. The molecule has 2 unspecified atom stereocenters. The Balaban J connectivity index is 2.29. The fourth-order valence-corrected chi connectivity index (χ4v) is 2.88. The molecule has 2 atom stereocenters. The molecule has 1 aliphatic rings. The van der Waals surface area contributed by atoms with Gasteiger partial charge >= 0.3 is 12.1 Å². The summed E-state index contributed by atoms with van der Waals surface area (Å²) in [6, 6.07) is 3.78. The molecule has 0 radical (unpaired) electrons. The number of carbonyl (C=O) groups is 2. The molecule has 0 bridgehead atoms. The number of esters is 1. The molecule has 0 fully saturated rings. The van der Waals surface area contributed by atoms with Gasteiger partial charge in [0.1, 0.15) is 5.92 Å². The highest BCUT2D eigenvalue weighted by atomic mass is 79.9. The van der Waals surface area contributed by atoms with Crippen molar-refractivity contribution in [2.24, 2.45) is 5.92 Å². The van der Waals surface area contributed by atoms with Crippen LogP contribution < -0.4 is 5.32 Å². The van der Waals surface area contributed by atoms with Crippen molar-refractivity contribution in [1.82, 2.24) is 5.32 Å². The van der Waals surface area contributed by atoms with E-state index in [9.17, 15) is 22.8 Å². The molecule has 5 nitrogen and oxygen atoms in total. The Bertz CT molecular complexity index is 761. The van der Waals surface area contributed by atoms with Crippen LogP contribution in [0.1, 0.15) is 22.3 Å². The van der Waals surface area contributed by atoms with Gasteiger partial charge in [-0.2, -0.15) is 13.2 Å². The monoisotopic (exact) mass is 461 g/mol.